The SMILES string of the molecule is CCOC(=O)Cc1c(C#N)c(N)nn1-c1ccc(Cl)c(Cl)c1Cl. The van der Waals surface area contributed by atoms with Gasteiger partial charge in [-0.2, -0.15) is 5.26 Å². The Labute approximate surface area is 147 Å². The Balaban J connectivity index is 2.62. The van der Waals surface area contributed by atoms with Crippen molar-refractivity contribution in [1.29, 1.82) is 5.26 Å². The van der Waals surface area contributed by atoms with Crippen molar-refractivity contribution in [1.82, 2.24) is 9.78 Å². The monoisotopic (exact) mass is 372 g/mol. The van der Waals surface area contributed by atoms with Gasteiger partial charge in [-0.05, 0) is 19.1 Å². The molecular weight excluding hydrogens is 363 g/mol. The van der Waals surface area contributed by atoms with Crippen LogP contribution in [-0.4, -0.2) is 22.4 Å². The Morgan fingerprint density at radius 1 is 1.39 bits per heavy atom. The lowest BCUT2D eigenvalue weighted by Crippen LogP contribution is -2.13. The van der Waals surface area contributed by atoms with Gasteiger partial charge in [-0.1, -0.05) is 34.8 Å². The van der Waals surface area contributed by atoms with Gasteiger partial charge >= 0.3 is 5.97 Å². The number of rotatable bonds is 4. The van der Waals surface area contributed by atoms with Gasteiger partial charge < -0.3 is 10.5 Å². The van der Waals surface area contributed by atoms with E-state index in [1.165, 1.54) is 10.7 Å². The largest absolute Gasteiger partial charge is 0.466 e. The number of aromatic nitrogens is 2. The topological polar surface area (TPSA) is 93.9 Å². The quantitative estimate of drug-likeness (QED) is 0.655. The standard InChI is InChI=1S/C14H11Cl3N4O2/c1-2-23-11(22)5-10-7(6-18)14(19)20-21(10)9-4-3-8(15)12(16)13(9)17/h3-4H,2,5H2,1H3,(H2,19,20). The van der Waals surface area contributed by atoms with Crippen LogP contribution in [0.3, 0.4) is 0 Å². The predicted molar refractivity (Wildman–Crippen MR) is 88.1 cm³/mol. The third kappa shape index (κ3) is 3.37. The third-order valence-electron chi connectivity index (χ3n) is 2.98. The van der Waals surface area contributed by atoms with Crippen molar-refractivity contribution in [2.75, 3.05) is 12.3 Å². The van der Waals surface area contributed by atoms with Crippen LogP contribution in [0.15, 0.2) is 12.1 Å². The lowest BCUT2D eigenvalue weighted by molar-refractivity contribution is -0.142. The molecule has 0 aliphatic carbocycles. The van der Waals surface area contributed by atoms with Gasteiger partial charge in [0.25, 0.3) is 0 Å². The number of hydrogen-bond acceptors (Lipinski definition) is 5. The van der Waals surface area contributed by atoms with E-state index in [4.69, 9.17) is 45.3 Å². The molecule has 0 bridgehead atoms. The summed E-state index contributed by atoms with van der Waals surface area (Å²) >= 11 is 18.1. The van der Waals surface area contributed by atoms with Crippen LogP contribution in [-0.2, 0) is 16.0 Å². The summed E-state index contributed by atoms with van der Waals surface area (Å²) in [5, 5.41) is 13.9. The molecule has 23 heavy (non-hydrogen) atoms. The molecule has 0 aliphatic heterocycles. The highest BCUT2D eigenvalue weighted by molar-refractivity contribution is 6.48. The zero-order chi connectivity index (χ0) is 17.1. The average Bonchev–Trinajstić information content (AvgIpc) is 2.81. The first-order valence-corrected chi connectivity index (χ1v) is 7.61. The van der Waals surface area contributed by atoms with Gasteiger partial charge in [0.1, 0.15) is 11.6 Å². The van der Waals surface area contributed by atoms with E-state index < -0.39 is 5.97 Å². The van der Waals surface area contributed by atoms with Crippen LogP contribution in [0.5, 0.6) is 0 Å². The molecule has 2 N–H and O–H groups in total. The van der Waals surface area contributed by atoms with Crippen LogP contribution in [0.4, 0.5) is 5.82 Å². The Morgan fingerprint density at radius 2 is 2.09 bits per heavy atom. The minimum atomic E-state index is -0.513. The van der Waals surface area contributed by atoms with E-state index in [9.17, 15) is 10.1 Å². The van der Waals surface area contributed by atoms with Crippen LogP contribution >= 0.6 is 34.8 Å². The van der Waals surface area contributed by atoms with Gasteiger partial charge in [0, 0.05) is 0 Å². The van der Waals surface area contributed by atoms with E-state index in [-0.39, 0.29) is 45.2 Å². The molecule has 2 aromatic rings. The van der Waals surface area contributed by atoms with Gasteiger partial charge in [-0.25, -0.2) is 4.68 Å². The van der Waals surface area contributed by atoms with Crippen molar-refractivity contribution >= 4 is 46.6 Å². The fourth-order valence-corrected chi connectivity index (χ4v) is 2.59. The number of nitrogens with zero attached hydrogens (tertiary/aromatic N) is 3. The van der Waals surface area contributed by atoms with Gasteiger partial charge in [-0.15, -0.1) is 5.10 Å². The van der Waals surface area contributed by atoms with Crippen LogP contribution in [0.2, 0.25) is 15.1 Å². The zero-order valence-corrected chi connectivity index (χ0v) is 14.2. The van der Waals surface area contributed by atoms with Gasteiger partial charge in [0.2, 0.25) is 0 Å². The number of anilines is 1. The van der Waals surface area contributed by atoms with Crippen LogP contribution in [0.25, 0.3) is 5.69 Å². The number of nitrogens with two attached hydrogens (primary N) is 1. The van der Waals surface area contributed by atoms with Crippen molar-refractivity contribution < 1.29 is 9.53 Å². The van der Waals surface area contributed by atoms with E-state index in [2.05, 4.69) is 5.10 Å². The summed E-state index contributed by atoms with van der Waals surface area (Å²) in [6.45, 7) is 1.91. The Morgan fingerprint density at radius 3 is 2.70 bits per heavy atom. The lowest BCUT2D eigenvalue weighted by atomic mass is 10.2. The molecule has 6 nitrogen and oxygen atoms in total. The summed E-state index contributed by atoms with van der Waals surface area (Å²) in [6, 6.07) is 5.03. The average molecular weight is 374 g/mol. The first kappa shape index (κ1) is 17.4. The summed E-state index contributed by atoms with van der Waals surface area (Å²) in [6.07, 6.45) is -0.183. The second-order valence-corrected chi connectivity index (χ2v) is 5.57. The number of carbonyl (C=O) groups is 1. The maximum absolute atomic E-state index is 11.8. The van der Waals surface area contributed by atoms with Crippen molar-refractivity contribution in [3.8, 4) is 11.8 Å². The maximum Gasteiger partial charge on any atom is 0.311 e. The molecule has 0 radical (unpaired) electrons. The first-order valence-electron chi connectivity index (χ1n) is 6.47. The van der Waals surface area contributed by atoms with E-state index >= 15 is 0 Å². The number of hydrogen-bond donors (Lipinski definition) is 1. The molecule has 0 amide bonds. The van der Waals surface area contributed by atoms with Crippen LogP contribution in [0, 0.1) is 11.3 Å². The van der Waals surface area contributed by atoms with Crippen molar-refractivity contribution in [3.63, 3.8) is 0 Å². The minimum Gasteiger partial charge on any atom is -0.466 e. The summed E-state index contributed by atoms with van der Waals surface area (Å²) in [7, 11) is 0. The molecule has 0 spiro atoms. The number of nitrogen functional groups attached to an aromatic ring is 1. The number of esters is 1. The molecule has 1 heterocycles. The lowest BCUT2D eigenvalue weighted by Gasteiger charge is -2.11. The number of halogens is 3. The van der Waals surface area contributed by atoms with Gasteiger partial charge in [0.05, 0.1) is 39.5 Å². The normalized spacial score (nSPS) is 10.4. The van der Waals surface area contributed by atoms with Crippen LogP contribution in [0.1, 0.15) is 18.2 Å². The predicted octanol–water partition coefficient (Wildman–Crippen LogP) is 3.39. The van der Waals surface area contributed by atoms with Gasteiger partial charge in [-0.3, -0.25) is 4.79 Å². The highest BCUT2D eigenvalue weighted by Gasteiger charge is 2.22. The fraction of sp³-hybridized carbons (Fsp3) is 0.214. The molecule has 0 aliphatic rings. The second kappa shape index (κ2) is 7.09. The molecule has 0 unspecified atom stereocenters. The molecule has 120 valence electrons. The molecule has 0 fully saturated rings. The molecule has 0 saturated carbocycles. The summed E-state index contributed by atoms with van der Waals surface area (Å²) in [5.41, 5.74) is 6.46. The molecule has 2 rings (SSSR count). The smallest absolute Gasteiger partial charge is 0.311 e. The van der Waals surface area contributed by atoms with E-state index in [0.717, 1.165) is 0 Å². The summed E-state index contributed by atoms with van der Waals surface area (Å²) in [4.78, 5) is 11.8. The van der Waals surface area contributed by atoms with E-state index in [1.807, 2.05) is 6.07 Å². The number of ether oxygens (including phenoxy) is 1. The molecular formula is C14H11Cl3N4O2. The summed E-state index contributed by atoms with van der Waals surface area (Å²) < 4.78 is 6.21. The molecule has 1 aromatic carbocycles. The van der Waals surface area contributed by atoms with Gasteiger partial charge in [0.15, 0.2) is 5.82 Å². The molecule has 0 atom stereocenters. The second-order valence-electron chi connectivity index (χ2n) is 4.41. The highest BCUT2D eigenvalue weighted by atomic mass is 35.5. The summed E-state index contributed by atoms with van der Waals surface area (Å²) in [5.74, 6) is -0.532. The highest BCUT2D eigenvalue weighted by Crippen LogP contribution is 2.35. The zero-order valence-electron chi connectivity index (χ0n) is 11.9. The fourth-order valence-electron chi connectivity index (χ4n) is 1.98. The minimum absolute atomic E-state index is 0.0195. The molecule has 1 aromatic heterocycles. The van der Waals surface area contributed by atoms with E-state index in [1.54, 1.807) is 13.0 Å². The van der Waals surface area contributed by atoms with E-state index in [0.29, 0.717) is 5.69 Å². The molecule has 0 saturated heterocycles. The number of nitriles is 1. The number of benzene rings is 1. The van der Waals surface area contributed by atoms with Crippen molar-refractivity contribution in [3.05, 3.63) is 38.5 Å². The third-order valence-corrected chi connectivity index (χ3v) is 4.26. The van der Waals surface area contributed by atoms with Crippen molar-refractivity contribution in [2.24, 2.45) is 0 Å². The Kier molecular flexibility index (Phi) is 5.37. The maximum atomic E-state index is 11.8. The van der Waals surface area contributed by atoms with Crippen LogP contribution < -0.4 is 5.73 Å². The number of carbonyl (C=O) groups excluding carboxylic acids is 1. The Bertz CT molecular complexity index is 811. The molecule has 9 heteroatoms. The first-order chi connectivity index (χ1) is 10.9. The van der Waals surface area contributed by atoms with Crippen molar-refractivity contribution in [2.45, 2.75) is 13.3 Å². The Hall–Kier alpha value is -1.94.